The Morgan fingerprint density at radius 2 is 1.94 bits per heavy atom. The van der Waals surface area contributed by atoms with Crippen molar-refractivity contribution < 1.29 is 28.4 Å². The lowest BCUT2D eigenvalue weighted by Gasteiger charge is -2.46. The zero-order valence-electron chi connectivity index (χ0n) is 16.5. The maximum atomic E-state index is 15.1. The molecule has 15 nitrogen and oxygen atoms in total. The molecule has 0 spiro atoms. The number of halogens is 4. The Kier molecular flexibility index (Phi) is 10.2. The average Bonchev–Trinajstić information content (AvgIpc) is 2.70. The first-order valence-corrected chi connectivity index (χ1v) is 10.0. The Morgan fingerprint density at radius 1 is 1.45 bits per heavy atom. The van der Waals surface area contributed by atoms with E-state index in [-0.39, 0.29) is 8.12 Å². The quantitative estimate of drug-likeness (QED) is 0.0260. The summed E-state index contributed by atoms with van der Waals surface area (Å²) in [5.41, 5.74) is 3.29. The SMILES string of the molecule is CNC(C)(C(=O)N(N)C(OC(N)=O)(N(C#N)C(=O)[N+](=O)[O-])N(I)C(F)(Br)CCl)N(C)C. The van der Waals surface area contributed by atoms with E-state index in [9.17, 15) is 29.8 Å². The van der Waals surface area contributed by atoms with E-state index < -0.39 is 50.1 Å². The molecule has 19 heteroatoms. The predicted molar refractivity (Wildman–Crippen MR) is 115 cm³/mol. The van der Waals surface area contributed by atoms with Gasteiger partial charge >= 0.3 is 24.3 Å². The van der Waals surface area contributed by atoms with Crippen molar-refractivity contribution in [1.29, 1.82) is 5.26 Å². The fourth-order valence-electron chi connectivity index (χ4n) is 2.03. The number of likely N-dealkylation sites (N-methyl/N-ethyl adjacent to an activating group) is 2. The van der Waals surface area contributed by atoms with E-state index in [1.807, 2.05) is 0 Å². The number of rotatable bonds is 9. The van der Waals surface area contributed by atoms with Gasteiger partial charge in [-0.25, -0.2) is 15.0 Å². The van der Waals surface area contributed by atoms with Crippen LogP contribution in [-0.2, 0) is 9.53 Å². The van der Waals surface area contributed by atoms with Crippen LogP contribution in [0.5, 0.6) is 0 Å². The number of amides is 4. The minimum absolute atomic E-state index is 0.0759. The smallest absolute Gasteiger partial charge is 0.368 e. The molecule has 0 aromatic heterocycles. The van der Waals surface area contributed by atoms with Gasteiger partial charge in [-0.15, -0.1) is 16.9 Å². The molecular formula is C12H19BrClFIN9O6. The van der Waals surface area contributed by atoms with Crippen molar-refractivity contribution >= 4 is 68.4 Å². The molecular weight excluding hydrogens is 627 g/mol. The number of nitro groups is 1. The molecule has 0 aliphatic rings. The second-order valence-electron chi connectivity index (χ2n) is 5.94. The molecule has 3 atom stereocenters. The second-order valence-corrected chi connectivity index (χ2v) is 8.39. The molecule has 0 rings (SSSR count). The molecule has 0 aromatic rings. The van der Waals surface area contributed by atoms with Crippen LogP contribution < -0.4 is 16.9 Å². The first-order chi connectivity index (χ1) is 14.0. The average molecular weight is 647 g/mol. The van der Waals surface area contributed by atoms with Gasteiger partial charge in [0, 0.05) is 27.8 Å². The number of hydrogen-bond donors (Lipinski definition) is 3. The third-order valence-corrected chi connectivity index (χ3v) is 7.38. The van der Waals surface area contributed by atoms with Crippen LogP contribution in [0.1, 0.15) is 6.92 Å². The van der Waals surface area contributed by atoms with Crippen molar-refractivity contribution in [3.63, 3.8) is 0 Å². The molecule has 0 fully saturated rings. The molecule has 0 aliphatic heterocycles. The first-order valence-electron chi connectivity index (χ1n) is 7.73. The highest BCUT2D eigenvalue weighted by atomic mass is 127. The number of hydrazine groups is 1. The molecule has 0 bridgehead atoms. The number of alkyl halides is 3. The number of primary amides is 1. The molecule has 0 aromatic carbocycles. The molecule has 5 N–H and O–H groups in total. The lowest BCUT2D eigenvalue weighted by molar-refractivity contribution is -0.397. The van der Waals surface area contributed by atoms with Gasteiger partial charge in [-0.3, -0.25) is 15.0 Å². The van der Waals surface area contributed by atoms with Gasteiger partial charge in [-0.05, 0) is 48.9 Å². The zero-order valence-corrected chi connectivity index (χ0v) is 21.0. The van der Waals surface area contributed by atoms with E-state index in [0.717, 1.165) is 29.1 Å². The summed E-state index contributed by atoms with van der Waals surface area (Å²) in [5, 5.41) is 23.1. The molecule has 0 saturated carbocycles. The lowest BCUT2D eigenvalue weighted by atomic mass is 10.1. The third-order valence-electron chi connectivity index (χ3n) is 4.01. The summed E-state index contributed by atoms with van der Waals surface area (Å²) in [4.78, 5) is 47.4. The number of nitrogens with two attached hydrogens (primary N) is 2. The molecule has 0 saturated heterocycles. The molecule has 31 heavy (non-hydrogen) atoms. The molecule has 3 unspecified atom stereocenters. The monoisotopic (exact) mass is 645 g/mol. The van der Waals surface area contributed by atoms with Crippen LogP contribution in [0, 0.1) is 21.6 Å². The van der Waals surface area contributed by atoms with Gasteiger partial charge in [-0.1, -0.05) is 3.11 Å². The summed E-state index contributed by atoms with van der Waals surface area (Å²) in [5.74, 6) is 0.217. The second kappa shape index (κ2) is 10.8. The third kappa shape index (κ3) is 5.60. The summed E-state index contributed by atoms with van der Waals surface area (Å²) in [7, 11) is 4.18. The summed E-state index contributed by atoms with van der Waals surface area (Å²) in [6.45, 7) is 1.28. The van der Waals surface area contributed by atoms with Crippen LogP contribution >= 0.6 is 50.4 Å². The number of ether oxygens (including phenoxy) is 1. The highest BCUT2D eigenvalue weighted by Gasteiger charge is 2.68. The Labute approximate surface area is 203 Å². The molecule has 0 radical (unpaired) electrons. The van der Waals surface area contributed by atoms with Crippen molar-refractivity contribution in [2.75, 3.05) is 27.0 Å². The summed E-state index contributed by atoms with van der Waals surface area (Å²) in [6, 6.07) is -2.23. The van der Waals surface area contributed by atoms with Crippen molar-refractivity contribution in [2.45, 2.75) is 23.3 Å². The topological polar surface area (TPSA) is 204 Å². The first kappa shape index (κ1) is 29.4. The standard InChI is InChI=1S/C12H19BrClFIN9O6/c1-10(20-2,21(3)4)7(26)23(19)12(31-8(18)27,25(16)11(13,15)5-14)22(6-17)9(28)24(29)30/h20H,5,19H2,1-4H3,(H2,18,27). The fourth-order valence-corrected chi connectivity index (χ4v) is 3.30. The number of nitriles is 1. The minimum Gasteiger partial charge on any atom is -0.368 e. The van der Waals surface area contributed by atoms with Crippen LogP contribution in [-0.4, -0.2) is 84.2 Å². The summed E-state index contributed by atoms with van der Waals surface area (Å²) < 4.78 is 17.1. The molecule has 0 aliphatic carbocycles. The molecule has 4 amide bonds. The molecule has 176 valence electrons. The number of hydrogen-bond acceptors (Lipinski definition) is 11. The number of urea groups is 1. The van der Waals surface area contributed by atoms with E-state index in [0.29, 0.717) is 0 Å². The summed E-state index contributed by atoms with van der Waals surface area (Å²) >= 11 is 9.12. The van der Waals surface area contributed by atoms with Crippen molar-refractivity contribution in [3.05, 3.63) is 10.1 Å². The van der Waals surface area contributed by atoms with Crippen molar-refractivity contribution in [2.24, 2.45) is 11.6 Å². The number of nitrogens with zero attached hydrogens (tertiary/aromatic N) is 6. The molecule has 0 heterocycles. The Balaban J connectivity index is 7.30. The van der Waals surface area contributed by atoms with Gasteiger partial charge in [-0.2, -0.15) is 9.80 Å². The highest BCUT2D eigenvalue weighted by Crippen LogP contribution is 2.41. The fraction of sp³-hybridized carbons (Fsp3) is 0.667. The van der Waals surface area contributed by atoms with Crippen molar-refractivity contribution in [1.82, 2.24) is 23.2 Å². The van der Waals surface area contributed by atoms with Gasteiger partial charge < -0.3 is 20.6 Å². The maximum absolute atomic E-state index is 15.1. The van der Waals surface area contributed by atoms with E-state index in [2.05, 4.69) is 21.2 Å². The predicted octanol–water partition coefficient (Wildman–Crippen LogP) is -0.0187. The van der Waals surface area contributed by atoms with E-state index >= 15 is 4.39 Å². The van der Waals surface area contributed by atoms with E-state index in [4.69, 9.17) is 27.9 Å². The lowest BCUT2D eigenvalue weighted by Crippen LogP contribution is -2.79. The minimum atomic E-state index is -3.43. The van der Waals surface area contributed by atoms with Gasteiger partial charge in [0.15, 0.2) is 5.66 Å². The number of nitrogens with one attached hydrogen (secondary N) is 1. The number of carbonyl (C=O) groups is 3. The zero-order chi connectivity index (χ0) is 24.9. The van der Waals surface area contributed by atoms with Crippen LogP contribution in [0.15, 0.2) is 0 Å². The largest absolute Gasteiger partial charge is 0.555 e. The van der Waals surface area contributed by atoms with Gasteiger partial charge in [0.2, 0.25) is 4.70 Å². The van der Waals surface area contributed by atoms with Gasteiger partial charge in [0.1, 0.15) is 0 Å². The highest BCUT2D eigenvalue weighted by molar-refractivity contribution is 14.1. The normalized spacial score (nSPS) is 17.0. The van der Waals surface area contributed by atoms with Crippen LogP contribution in [0.4, 0.5) is 14.0 Å². The Hall–Kier alpha value is -1.63. The maximum Gasteiger partial charge on any atom is 0.555 e. The van der Waals surface area contributed by atoms with Crippen LogP contribution in [0.25, 0.3) is 0 Å². The van der Waals surface area contributed by atoms with E-state index in [1.165, 1.54) is 33.0 Å². The summed E-state index contributed by atoms with van der Waals surface area (Å²) in [6.07, 6.45) is -0.717. The van der Waals surface area contributed by atoms with Gasteiger partial charge in [0.05, 0.1) is 5.88 Å². The van der Waals surface area contributed by atoms with Crippen molar-refractivity contribution in [3.8, 4) is 6.19 Å². The van der Waals surface area contributed by atoms with E-state index in [1.54, 1.807) is 0 Å². The number of carbonyl (C=O) groups excluding carboxylic acids is 3. The van der Waals surface area contributed by atoms with Crippen LogP contribution in [0.3, 0.4) is 0 Å². The Bertz CT molecular complexity index is 788. The van der Waals surface area contributed by atoms with Crippen LogP contribution in [0.2, 0.25) is 0 Å². The Morgan fingerprint density at radius 3 is 2.23 bits per heavy atom. The van der Waals surface area contributed by atoms with Gasteiger partial charge in [0.25, 0.3) is 5.91 Å².